The van der Waals surface area contributed by atoms with Gasteiger partial charge < -0.3 is 4.74 Å². The SMILES string of the molecule is COC(=O)c1ccc(C=NNC(=O)c2ccc(C)c(C)c2)cc1. The van der Waals surface area contributed by atoms with Crippen molar-refractivity contribution in [1.29, 1.82) is 0 Å². The molecule has 0 radical (unpaired) electrons. The summed E-state index contributed by atoms with van der Waals surface area (Å²) in [5, 5.41) is 3.92. The summed E-state index contributed by atoms with van der Waals surface area (Å²) in [7, 11) is 1.33. The van der Waals surface area contributed by atoms with Crippen LogP contribution in [-0.4, -0.2) is 25.2 Å². The number of carbonyl (C=O) groups excluding carboxylic acids is 2. The van der Waals surface area contributed by atoms with E-state index in [-0.39, 0.29) is 5.91 Å². The number of hydrogen-bond donors (Lipinski definition) is 1. The second-order valence-electron chi connectivity index (χ2n) is 5.11. The standard InChI is InChI=1S/C18H18N2O3/c1-12-4-7-16(10-13(12)2)17(21)20-19-11-14-5-8-15(9-6-14)18(22)23-3/h4-11H,1-3H3,(H,20,21). The Morgan fingerprint density at radius 2 is 1.65 bits per heavy atom. The number of esters is 1. The van der Waals surface area contributed by atoms with Crippen LogP contribution in [0, 0.1) is 13.8 Å². The molecule has 0 aliphatic carbocycles. The molecule has 5 nitrogen and oxygen atoms in total. The van der Waals surface area contributed by atoms with E-state index < -0.39 is 5.97 Å². The summed E-state index contributed by atoms with van der Waals surface area (Å²) < 4.78 is 4.63. The molecule has 0 spiro atoms. The zero-order valence-electron chi connectivity index (χ0n) is 13.3. The molecule has 118 valence electrons. The second kappa shape index (κ2) is 7.35. The normalized spacial score (nSPS) is 10.6. The maximum atomic E-state index is 12.0. The number of hydrogen-bond acceptors (Lipinski definition) is 4. The number of rotatable bonds is 4. The zero-order valence-corrected chi connectivity index (χ0v) is 13.3. The Bertz CT molecular complexity index is 749. The lowest BCUT2D eigenvalue weighted by Crippen LogP contribution is -2.17. The zero-order chi connectivity index (χ0) is 16.8. The van der Waals surface area contributed by atoms with Crippen LogP contribution in [0.3, 0.4) is 0 Å². The minimum absolute atomic E-state index is 0.268. The average molecular weight is 310 g/mol. The van der Waals surface area contributed by atoms with Crippen LogP contribution in [0.2, 0.25) is 0 Å². The first kappa shape index (κ1) is 16.4. The smallest absolute Gasteiger partial charge is 0.337 e. The molecule has 0 aromatic heterocycles. The lowest BCUT2D eigenvalue weighted by molar-refractivity contribution is 0.0600. The molecule has 0 aliphatic heterocycles. The average Bonchev–Trinajstić information content (AvgIpc) is 2.57. The molecule has 5 heteroatoms. The molecule has 0 unspecified atom stereocenters. The minimum Gasteiger partial charge on any atom is -0.465 e. The van der Waals surface area contributed by atoms with E-state index in [2.05, 4.69) is 15.3 Å². The Morgan fingerprint density at radius 3 is 2.26 bits per heavy atom. The van der Waals surface area contributed by atoms with Gasteiger partial charge in [0.1, 0.15) is 0 Å². The number of hydrazone groups is 1. The molecule has 0 heterocycles. The van der Waals surface area contributed by atoms with Crippen molar-refractivity contribution < 1.29 is 14.3 Å². The topological polar surface area (TPSA) is 67.8 Å². The van der Waals surface area contributed by atoms with Gasteiger partial charge in [0.25, 0.3) is 5.91 Å². The molecule has 0 saturated carbocycles. The van der Waals surface area contributed by atoms with Crippen molar-refractivity contribution in [3.8, 4) is 0 Å². The van der Waals surface area contributed by atoms with Gasteiger partial charge in [0.15, 0.2) is 0 Å². The first-order valence-corrected chi connectivity index (χ1v) is 7.10. The number of methoxy groups -OCH3 is 1. The van der Waals surface area contributed by atoms with Crippen molar-refractivity contribution in [1.82, 2.24) is 5.43 Å². The fraction of sp³-hybridized carbons (Fsp3) is 0.167. The van der Waals surface area contributed by atoms with E-state index in [0.717, 1.165) is 16.7 Å². The number of amides is 1. The van der Waals surface area contributed by atoms with E-state index in [1.807, 2.05) is 26.0 Å². The van der Waals surface area contributed by atoms with Gasteiger partial charge in [0, 0.05) is 5.56 Å². The number of benzene rings is 2. The highest BCUT2D eigenvalue weighted by Gasteiger charge is 2.05. The van der Waals surface area contributed by atoms with Gasteiger partial charge in [-0.1, -0.05) is 18.2 Å². The lowest BCUT2D eigenvalue weighted by atomic mass is 10.1. The molecule has 0 fully saturated rings. The van der Waals surface area contributed by atoms with Gasteiger partial charge in [-0.2, -0.15) is 5.10 Å². The summed E-state index contributed by atoms with van der Waals surface area (Å²) in [6.07, 6.45) is 1.51. The van der Waals surface area contributed by atoms with Crippen LogP contribution in [-0.2, 0) is 4.74 Å². The summed E-state index contributed by atoms with van der Waals surface area (Å²) >= 11 is 0. The molecule has 0 bridgehead atoms. The predicted octanol–water partition coefficient (Wildman–Crippen LogP) is 2.85. The molecule has 2 rings (SSSR count). The first-order chi connectivity index (χ1) is 11.0. The molecule has 1 N–H and O–H groups in total. The van der Waals surface area contributed by atoms with E-state index in [1.54, 1.807) is 30.3 Å². The fourth-order valence-corrected chi connectivity index (χ4v) is 1.94. The number of ether oxygens (including phenoxy) is 1. The Balaban J connectivity index is 1.99. The Labute approximate surface area is 135 Å². The molecule has 1 amide bonds. The summed E-state index contributed by atoms with van der Waals surface area (Å²) in [6, 6.07) is 12.2. The van der Waals surface area contributed by atoms with E-state index in [4.69, 9.17) is 0 Å². The molecule has 2 aromatic rings. The summed E-state index contributed by atoms with van der Waals surface area (Å²) in [6.45, 7) is 3.95. The van der Waals surface area contributed by atoms with Crippen molar-refractivity contribution >= 4 is 18.1 Å². The molecule has 23 heavy (non-hydrogen) atoms. The van der Waals surface area contributed by atoms with Gasteiger partial charge in [-0.25, -0.2) is 10.2 Å². The number of aryl methyl sites for hydroxylation is 2. The third kappa shape index (κ3) is 4.26. The largest absolute Gasteiger partial charge is 0.465 e. The molecule has 0 atom stereocenters. The van der Waals surface area contributed by atoms with E-state index in [0.29, 0.717) is 11.1 Å². The molecule has 0 saturated heterocycles. The van der Waals surface area contributed by atoms with Crippen LogP contribution in [0.25, 0.3) is 0 Å². The summed E-state index contributed by atoms with van der Waals surface area (Å²) in [4.78, 5) is 23.3. The van der Waals surface area contributed by atoms with E-state index in [9.17, 15) is 9.59 Å². The van der Waals surface area contributed by atoms with Crippen LogP contribution in [0.5, 0.6) is 0 Å². The van der Waals surface area contributed by atoms with E-state index in [1.165, 1.54) is 13.3 Å². The number of carbonyl (C=O) groups is 2. The minimum atomic E-state index is -0.392. The second-order valence-corrected chi connectivity index (χ2v) is 5.11. The molecular formula is C18H18N2O3. The van der Waals surface area contributed by atoms with Crippen LogP contribution in [0.4, 0.5) is 0 Å². The first-order valence-electron chi connectivity index (χ1n) is 7.10. The highest BCUT2D eigenvalue weighted by atomic mass is 16.5. The third-order valence-corrected chi connectivity index (χ3v) is 3.48. The van der Waals surface area contributed by atoms with Crippen LogP contribution in [0.1, 0.15) is 37.4 Å². The van der Waals surface area contributed by atoms with Gasteiger partial charge in [-0.15, -0.1) is 0 Å². The summed E-state index contributed by atoms with van der Waals surface area (Å²) in [5.74, 6) is -0.660. The maximum absolute atomic E-state index is 12.0. The highest BCUT2D eigenvalue weighted by Crippen LogP contribution is 2.09. The van der Waals surface area contributed by atoms with Crippen molar-refractivity contribution in [3.63, 3.8) is 0 Å². The molecular weight excluding hydrogens is 292 g/mol. The van der Waals surface area contributed by atoms with Gasteiger partial charge >= 0.3 is 5.97 Å². The van der Waals surface area contributed by atoms with Gasteiger partial charge in [-0.05, 0) is 54.8 Å². The fourth-order valence-electron chi connectivity index (χ4n) is 1.94. The van der Waals surface area contributed by atoms with Crippen molar-refractivity contribution in [3.05, 3.63) is 70.3 Å². The van der Waals surface area contributed by atoms with Gasteiger partial charge in [0.05, 0.1) is 18.9 Å². The van der Waals surface area contributed by atoms with Crippen molar-refractivity contribution in [2.45, 2.75) is 13.8 Å². The quantitative estimate of drug-likeness (QED) is 0.536. The van der Waals surface area contributed by atoms with Gasteiger partial charge in [0.2, 0.25) is 0 Å². The number of nitrogens with one attached hydrogen (secondary N) is 1. The summed E-state index contributed by atoms with van der Waals surface area (Å²) in [5.41, 5.74) is 6.46. The van der Waals surface area contributed by atoms with Crippen molar-refractivity contribution in [2.24, 2.45) is 5.10 Å². The lowest BCUT2D eigenvalue weighted by Gasteiger charge is -2.03. The third-order valence-electron chi connectivity index (χ3n) is 3.48. The molecule has 2 aromatic carbocycles. The predicted molar refractivity (Wildman–Crippen MR) is 88.8 cm³/mol. The Kier molecular flexibility index (Phi) is 5.25. The highest BCUT2D eigenvalue weighted by molar-refractivity contribution is 5.95. The monoisotopic (exact) mass is 310 g/mol. The Hall–Kier alpha value is -2.95. The molecule has 0 aliphatic rings. The number of nitrogens with zero attached hydrogens (tertiary/aromatic N) is 1. The maximum Gasteiger partial charge on any atom is 0.337 e. The van der Waals surface area contributed by atoms with Crippen molar-refractivity contribution in [2.75, 3.05) is 7.11 Å². The van der Waals surface area contributed by atoms with Gasteiger partial charge in [-0.3, -0.25) is 4.79 Å². The van der Waals surface area contributed by atoms with Crippen LogP contribution >= 0.6 is 0 Å². The van der Waals surface area contributed by atoms with Crippen LogP contribution in [0.15, 0.2) is 47.6 Å². The van der Waals surface area contributed by atoms with E-state index >= 15 is 0 Å². The van der Waals surface area contributed by atoms with Crippen LogP contribution < -0.4 is 5.43 Å². The Morgan fingerprint density at radius 1 is 1.00 bits per heavy atom.